The highest BCUT2D eigenvalue weighted by Crippen LogP contribution is 2.33. The van der Waals surface area contributed by atoms with Gasteiger partial charge in [-0.15, -0.1) is 22.7 Å². The second kappa shape index (κ2) is 4.01. The molecular formula is C10H7NO2S2. The first kappa shape index (κ1) is 10.1. The number of carbonyl (C=O) groups excluding carboxylic acids is 1. The van der Waals surface area contributed by atoms with E-state index in [9.17, 15) is 4.79 Å². The Morgan fingerprint density at radius 3 is 3.13 bits per heavy atom. The van der Waals surface area contributed by atoms with E-state index in [2.05, 4.69) is 6.07 Å². The van der Waals surface area contributed by atoms with Crippen LogP contribution in [-0.4, -0.2) is 12.6 Å². The predicted octanol–water partition coefficient (Wildman–Crippen LogP) is 3.01. The number of nitriles is 1. The molecule has 0 aliphatic rings. The van der Waals surface area contributed by atoms with E-state index in [4.69, 9.17) is 10.00 Å². The van der Waals surface area contributed by atoms with Crippen molar-refractivity contribution in [3.8, 4) is 6.07 Å². The highest BCUT2D eigenvalue weighted by atomic mass is 32.2. The van der Waals surface area contributed by atoms with E-state index in [-0.39, 0.29) is 5.97 Å². The molecule has 0 unspecified atom stereocenters. The minimum atomic E-state index is -0.310. The standard InChI is InChI=1S/C10H7NO2S2/c1-2-13-9(12)8-3-7-6(4-11)5-14-10(7)15-8/h3,5H,2H2,1H3. The summed E-state index contributed by atoms with van der Waals surface area (Å²) < 4.78 is 5.89. The normalized spacial score (nSPS) is 10.1. The van der Waals surface area contributed by atoms with Gasteiger partial charge in [0.2, 0.25) is 0 Å². The molecule has 0 N–H and O–H groups in total. The van der Waals surface area contributed by atoms with E-state index in [1.165, 1.54) is 22.7 Å². The van der Waals surface area contributed by atoms with Gasteiger partial charge in [-0.1, -0.05) is 0 Å². The summed E-state index contributed by atoms with van der Waals surface area (Å²) in [6, 6.07) is 3.83. The van der Waals surface area contributed by atoms with Crippen LogP contribution in [0.1, 0.15) is 22.2 Å². The van der Waals surface area contributed by atoms with Crippen molar-refractivity contribution in [3.05, 3.63) is 21.9 Å². The number of esters is 1. The third-order valence-corrected chi connectivity index (χ3v) is 4.11. The number of ether oxygens (including phenoxy) is 1. The molecule has 2 aromatic rings. The fourth-order valence-corrected chi connectivity index (χ4v) is 3.32. The molecule has 0 amide bonds. The van der Waals surface area contributed by atoms with Crippen LogP contribution in [0.5, 0.6) is 0 Å². The first-order valence-corrected chi connectivity index (χ1v) is 6.04. The van der Waals surface area contributed by atoms with Crippen molar-refractivity contribution in [3.63, 3.8) is 0 Å². The molecule has 0 fully saturated rings. The van der Waals surface area contributed by atoms with Crippen LogP contribution in [0.4, 0.5) is 0 Å². The lowest BCUT2D eigenvalue weighted by Gasteiger charge is -1.95. The predicted molar refractivity (Wildman–Crippen MR) is 60.4 cm³/mol. The fraction of sp³-hybridized carbons (Fsp3) is 0.200. The van der Waals surface area contributed by atoms with Gasteiger partial charge in [0.15, 0.2) is 0 Å². The summed E-state index contributed by atoms with van der Waals surface area (Å²) in [5.41, 5.74) is 0.627. The Labute approximate surface area is 94.5 Å². The van der Waals surface area contributed by atoms with E-state index in [0.29, 0.717) is 17.0 Å². The SMILES string of the molecule is CCOC(=O)c1cc2c(C#N)csc2s1. The minimum Gasteiger partial charge on any atom is -0.462 e. The molecule has 2 rings (SSSR count). The summed E-state index contributed by atoms with van der Waals surface area (Å²) in [5, 5.41) is 11.5. The first-order chi connectivity index (χ1) is 7.26. The number of hydrogen-bond donors (Lipinski definition) is 0. The third-order valence-electron chi connectivity index (χ3n) is 1.87. The zero-order valence-electron chi connectivity index (χ0n) is 7.94. The van der Waals surface area contributed by atoms with Crippen LogP contribution in [0.2, 0.25) is 0 Å². The second-order valence-corrected chi connectivity index (χ2v) is 4.98. The van der Waals surface area contributed by atoms with Crippen LogP contribution in [0.15, 0.2) is 11.4 Å². The average molecular weight is 237 g/mol. The molecule has 0 spiro atoms. The molecule has 2 aromatic heterocycles. The molecule has 0 saturated heterocycles. The largest absolute Gasteiger partial charge is 0.462 e. The molecule has 3 nitrogen and oxygen atoms in total. The van der Waals surface area contributed by atoms with Crippen LogP contribution in [0.25, 0.3) is 9.40 Å². The Bertz CT molecular complexity index is 547. The van der Waals surface area contributed by atoms with Crippen LogP contribution in [-0.2, 0) is 4.74 Å². The number of fused-ring (bicyclic) bond motifs is 1. The Balaban J connectivity index is 2.44. The zero-order valence-corrected chi connectivity index (χ0v) is 9.58. The van der Waals surface area contributed by atoms with Crippen molar-refractivity contribution in [1.29, 1.82) is 5.26 Å². The molecule has 0 aromatic carbocycles. The van der Waals surface area contributed by atoms with Gasteiger partial charge in [-0.25, -0.2) is 4.79 Å². The number of hydrogen-bond acceptors (Lipinski definition) is 5. The van der Waals surface area contributed by atoms with Crippen molar-refractivity contribution >= 4 is 38.0 Å². The van der Waals surface area contributed by atoms with Gasteiger partial charge in [0.25, 0.3) is 0 Å². The highest BCUT2D eigenvalue weighted by molar-refractivity contribution is 7.38. The van der Waals surface area contributed by atoms with Crippen molar-refractivity contribution < 1.29 is 9.53 Å². The van der Waals surface area contributed by atoms with Gasteiger partial charge in [-0.05, 0) is 13.0 Å². The summed E-state index contributed by atoms with van der Waals surface area (Å²) >= 11 is 2.86. The van der Waals surface area contributed by atoms with E-state index in [1.54, 1.807) is 18.4 Å². The van der Waals surface area contributed by atoms with Gasteiger partial charge in [-0.3, -0.25) is 0 Å². The first-order valence-electron chi connectivity index (χ1n) is 4.34. The number of thiophene rings is 2. The summed E-state index contributed by atoms with van der Waals surface area (Å²) in [4.78, 5) is 12.0. The summed E-state index contributed by atoms with van der Waals surface area (Å²) in [6.07, 6.45) is 0. The minimum absolute atomic E-state index is 0.310. The molecule has 0 radical (unpaired) electrons. The lowest BCUT2D eigenvalue weighted by atomic mass is 10.2. The molecule has 76 valence electrons. The summed E-state index contributed by atoms with van der Waals surface area (Å²) in [5.74, 6) is -0.310. The van der Waals surface area contributed by atoms with E-state index < -0.39 is 0 Å². The van der Waals surface area contributed by atoms with Gasteiger partial charge < -0.3 is 4.74 Å². The average Bonchev–Trinajstić information content (AvgIpc) is 2.76. The van der Waals surface area contributed by atoms with Gasteiger partial charge in [-0.2, -0.15) is 5.26 Å². The van der Waals surface area contributed by atoms with Gasteiger partial charge in [0.1, 0.15) is 10.9 Å². The third kappa shape index (κ3) is 1.74. The van der Waals surface area contributed by atoms with Crippen LogP contribution >= 0.6 is 22.7 Å². The Morgan fingerprint density at radius 2 is 2.47 bits per heavy atom. The number of nitrogens with zero attached hydrogens (tertiary/aromatic N) is 1. The van der Waals surface area contributed by atoms with Gasteiger partial charge >= 0.3 is 5.97 Å². The lowest BCUT2D eigenvalue weighted by Crippen LogP contribution is -2.01. The smallest absolute Gasteiger partial charge is 0.348 e. The second-order valence-electron chi connectivity index (χ2n) is 2.79. The maximum atomic E-state index is 11.4. The molecule has 0 aliphatic carbocycles. The van der Waals surface area contributed by atoms with Crippen LogP contribution in [0, 0.1) is 11.3 Å². The maximum absolute atomic E-state index is 11.4. The number of carbonyl (C=O) groups is 1. The van der Waals surface area contributed by atoms with Gasteiger partial charge in [0, 0.05) is 10.8 Å². The molecule has 5 heteroatoms. The van der Waals surface area contributed by atoms with E-state index in [0.717, 1.165) is 9.40 Å². The molecule has 0 aliphatic heterocycles. The molecular weight excluding hydrogens is 230 g/mol. The quantitative estimate of drug-likeness (QED) is 0.754. The zero-order chi connectivity index (χ0) is 10.8. The Morgan fingerprint density at radius 1 is 1.67 bits per heavy atom. The van der Waals surface area contributed by atoms with Gasteiger partial charge in [0.05, 0.1) is 16.2 Å². The van der Waals surface area contributed by atoms with Crippen LogP contribution < -0.4 is 0 Å². The molecule has 0 bridgehead atoms. The monoisotopic (exact) mass is 237 g/mol. The van der Waals surface area contributed by atoms with Crippen molar-refractivity contribution in [1.82, 2.24) is 0 Å². The molecule has 0 saturated carbocycles. The van der Waals surface area contributed by atoms with Crippen molar-refractivity contribution in [2.75, 3.05) is 6.61 Å². The van der Waals surface area contributed by atoms with Crippen molar-refractivity contribution in [2.45, 2.75) is 6.92 Å². The topological polar surface area (TPSA) is 50.1 Å². The van der Waals surface area contributed by atoms with Crippen LogP contribution in [0.3, 0.4) is 0 Å². The Kier molecular flexibility index (Phi) is 2.71. The molecule has 15 heavy (non-hydrogen) atoms. The van der Waals surface area contributed by atoms with E-state index in [1.807, 2.05) is 0 Å². The summed E-state index contributed by atoms with van der Waals surface area (Å²) in [6.45, 7) is 2.14. The van der Waals surface area contributed by atoms with Crippen molar-refractivity contribution in [2.24, 2.45) is 0 Å². The fourth-order valence-electron chi connectivity index (χ4n) is 1.21. The highest BCUT2D eigenvalue weighted by Gasteiger charge is 2.14. The maximum Gasteiger partial charge on any atom is 0.348 e. The lowest BCUT2D eigenvalue weighted by molar-refractivity contribution is 0.0532. The Hall–Kier alpha value is -1.38. The molecule has 0 atom stereocenters. The summed E-state index contributed by atoms with van der Waals surface area (Å²) in [7, 11) is 0. The van der Waals surface area contributed by atoms with E-state index >= 15 is 0 Å². The number of rotatable bonds is 2. The molecule has 2 heterocycles.